The van der Waals surface area contributed by atoms with Crippen LogP contribution >= 0.6 is 0 Å². The molecule has 1 aromatic carbocycles. The Bertz CT molecular complexity index is 493. The second-order valence-corrected chi connectivity index (χ2v) is 3.04. The molecule has 0 aliphatic rings. The van der Waals surface area contributed by atoms with E-state index in [0.29, 0.717) is 6.54 Å². The van der Waals surface area contributed by atoms with Crippen molar-refractivity contribution in [2.45, 2.75) is 6.54 Å². The van der Waals surface area contributed by atoms with E-state index in [1.165, 1.54) is 0 Å². The van der Waals surface area contributed by atoms with Crippen LogP contribution in [-0.4, -0.2) is 12.1 Å². The molecule has 0 saturated carbocycles. The molecule has 1 aromatic heterocycles. The van der Waals surface area contributed by atoms with E-state index < -0.39 is 0 Å². The van der Waals surface area contributed by atoms with E-state index >= 15 is 0 Å². The minimum absolute atomic E-state index is 0.423. The Kier molecular flexibility index (Phi) is 2.11. The van der Waals surface area contributed by atoms with Crippen LogP contribution in [0.3, 0.4) is 0 Å². The Balaban J connectivity index is 2.55. The number of hydrogen-bond donors (Lipinski definition) is 1. The van der Waals surface area contributed by atoms with Gasteiger partial charge in [-0.15, -0.1) is 0 Å². The highest BCUT2D eigenvalue weighted by atomic mass is 16.5. The van der Waals surface area contributed by atoms with Crippen molar-refractivity contribution >= 4 is 10.9 Å². The van der Waals surface area contributed by atoms with Gasteiger partial charge in [0.25, 0.3) is 0 Å². The predicted molar refractivity (Wildman–Crippen MR) is 55.2 cm³/mol. The zero-order valence-electron chi connectivity index (χ0n) is 7.87. The average Bonchev–Trinajstić information content (AvgIpc) is 2.61. The fourth-order valence-corrected chi connectivity index (χ4v) is 1.51. The topological polar surface area (TPSA) is 29.4 Å². The number of fused-ring (bicyclic) bond motifs is 1. The summed E-state index contributed by atoms with van der Waals surface area (Å²) in [5.41, 5.74) is 2.06. The van der Waals surface area contributed by atoms with Crippen molar-refractivity contribution < 1.29 is 4.74 Å². The Morgan fingerprint density at radius 2 is 2.36 bits per heavy atom. The van der Waals surface area contributed by atoms with Gasteiger partial charge >= 0.3 is 0 Å². The number of aromatic nitrogens is 1. The molecule has 14 heavy (non-hydrogen) atoms. The molecule has 0 spiro atoms. The summed E-state index contributed by atoms with van der Waals surface area (Å²) < 4.78 is 5.11. The molecule has 0 saturated heterocycles. The van der Waals surface area contributed by atoms with Crippen molar-refractivity contribution in [1.29, 1.82) is 0 Å². The van der Waals surface area contributed by atoms with Gasteiger partial charge in [0.05, 0.1) is 12.7 Å². The molecule has 2 aromatic rings. The lowest BCUT2D eigenvalue weighted by Crippen LogP contribution is -1.81. The van der Waals surface area contributed by atoms with Crippen molar-refractivity contribution in [3.63, 3.8) is 0 Å². The summed E-state index contributed by atoms with van der Waals surface area (Å²) in [5.74, 6) is 0.828. The zero-order valence-corrected chi connectivity index (χ0v) is 7.87. The maximum atomic E-state index is 6.82. The number of methoxy groups -OCH3 is 1. The maximum absolute atomic E-state index is 6.82. The number of nitrogens with one attached hydrogen (secondary N) is 1. The number of rotatable bonds is 2. The number of H-pyrrole nitrogens is 1. The average molecular weight is 186 g/mol. The molecule has 1 N–H and O–H groups in total. The van der Waals surface area contributed by atoms with E-state index in [1.54, 1.807) is 7.11 Å². The summed E-state index contributed by atoms with van der Waals surface area (Å²) in [6.45, 7) is 7.24. The first-order valence-corrected chi connectivity index (χ1v) is 4.32. The molecule has 3 heteroatoms. The molecule has 0 unspecified atom stereocenters. The lowest BCUT2D eigenvalue weighted by molar-refractivity contribution is 0.415. The molecule has 0 radical (unpaired) electrons. The van der Waals surface area contributed by atoms with Gasteiger partial charge in [-0.2, -0.15) is 0 Å². The highest BCUT2D eigenvalue weighted by molar-refractivity contribution is 5.84. The molecule has 70 valence electrons. The fraction of sp³-hybridized carbons (Fsp3) is 0.182. The van der Waals surface area contributed by atoms with Crippen LogP contribution in [0.25, 0.3) is 15.7 Å². The molecule has 0 atom stereocenters. The summed E-state index contributed by atoms with van der Waals surface area (Å²) >= 11 is 0. The molecule has 0 aliphatic heterocycles. The lowest BCUT2D eigenvalue weighted by atomic mass is 10.2. The number of benzene rings is 1. The van der Waals surface area contributed by atoms with E-state index in [2.05, 4.69) is 9.83 Å². The quantitative estimate of drug-likeness (QED) is 0.718. The first-order chi connectivity index (χ1) is 6.85. The summed E-state index contributed by atoms with van der Waals surface area (Å²) in [6.07, 6.45) is 1.88. The Labute approximate surface area is 82.1 Å². The van der Waals surface area contributed by atoms with Gasteiger partial charge in [-0.1, -0.05) is 0 Å². The number of aromatic amines is 1. The minimum Gasteiger partial charge on any atom is -0.497 e. The first-order valence-electron chi connectivity index (χ1n) is 4.32. The number of nitrogens with zero attached hydrogens (tertiary/aromatic N) is 1. The Morgan fingerprint density at radius 3 is 3.07 bits per heavy atom. The van der Waals surface area contributed by atoms with Gasteiger partial charge in [0.1, 0.15) is 5.75 Å². The largest absolute Gasteiger partial charge is 0.497 e. The third-order valence-corrected chi connectivity index (χ3v) is 2.22. The van der Waals surface area contributed by atoms with Gasteiger partial charge in [0.2, 0.25) is 6.54 Å². The van der Waals surface area contributed by atoms with E-state index in [4.69, 9.17) is 11.3 Å². The van der Waals surface area contributed by atoms with Crippen molar-refractivity contribution in [2.75, 3.05) is 7.11 Å². The fourth-order valence-electron chi connectivity index (χ4n) is 1.51. The van der Waals surface area contributed by atoms with Gasteiger partial charge in [0, 0.05) is 23.2 Å². The standard InChI is InChI=1S/C11H10N2O/c1-12-6-8-7-13-11-5-9(14-2)3-4-10(8)11/h3-5,7,13H,6H2,2H3. The number of hydrogen-bond acceptors (Lipinski definition) is 1. The zero-order chi connectivity index (χ0) is 9.97. The highest BCUT2D eigenvalue weighted by Gasteiger charge is 2.05. The van der Waals surface area contributed by atoms with Crippen LogP contribution in [0.1, 0.15) is 5.56 Å². The lowest BCUT2D eigenvalue weighted by Gasteiger charge is -1.98. The molecule has 0 bridgehead atoms. The third kappa shape index (κ3) is 1.31. The van der Waals surface area contributed by atoms with Gasteiger partial charge < -0.3 is 14.6 Å². The smallest absolute Gasteiger partial charge is 0.241 e. The van der Waals surface area contributed by atoms with E-state index in [1.807, 2.05) is 24.4 Å². The van der Waals surface area contributed by atoms with Crippen LogP contribution in [0.5, 0.6) is 5.75 Å². The summed E-state index contributed by atoms with van der Waals surface area (Å²) in [6, 6.07) is 5.82. The van der Waals surface area contributed by atoms with Crippen molar-refractivity contribution in [3.8, 4) is 5.75 Å². The van der Waals surface area contributed by atoms with Gasteiger partial charge in [-0.05, 0) is 12.1 Å². The van der Waals surface area contributed by atoms with Crippen LogP contribution < -0.4 is 4.74 Å². The molecular weight excluding hydrogens is 176 g/mol. The molecule has 1 heterocycles. The molecule has 3 nitrogen and oxygen atoms in total. The van der Waals surface area contributed by atoms with Crippen LogP contribution in [0.4, 0.5) is 0 Å². The Morgan fingerprint density at radius 1 is 1.50 bits per heavy atom. The first kappa shape index (κ1) is 8.64. The maximum Gasteiger partial charge on any atom is 0.241 e. The highest BCUT2D eigenvalue weighted by Crippen LogP contribution is 2.23. The van der Waals surface area contributed by atoms with Gasteiger partial charge in [0.15, 0.2) is 0 Å². The molecule has 0 fully saturated rings. The van der Waals surface area contributed by atoms with Crippen molar-refractivity contribution in [3.05, 3.63) is 41.4 Å². The predicted octanol–water partition coefficient (Wildman–Crippen LogP) is 2.60. The monoisotopic (exact) mass is 186 g/mol. The van der Waals surface area contributed by atoms with Crippen LogP contribution in [0, 0.1) is 6.57 Å². The Hall–Kier alpha value is -1.95. The molecule has 2 rings (SSSR count). The minimum atomic E-state index is 0.423. The molecule has 0 amide bonds. The van der Waals surface area contributed by atoms with Crippen LogP contribution in [0.15, 0.2) is 24.4 Å². The summed E-state index contributed by atoms with van der Waals surface area (Å²) in [5, 5.41) is 1.10. The third-order valence-electron chi connectivity index (χ3n) is 2.22. The molecular formula is C11H10N2O. The van der Waals surface area contributed by atoms with Crippen molar-refractivity contribution in [2.24, 2.45) is 0 Å². The van der Waals surface area contributed by atoms with E-state index in [-0.39, 0.29) is 0 Å². The van der Waals surface area contributed by atoms with E-state index in [0.717, 1.165) is 22.2 Å². The second kappa shape index (κ2) is 3.43. The SMILES string of the molecule is [C-]#[N+]Cc1c[nH]c2cc(OC)ccc12. The summed E-state index contributed by atoms with van der Waals surface area (Å²) in [7, 11) is 1.64. The number of ether oxygens (including phenoxy) is 1. The molecule has 0 aliphatic carbocycles. The van der Waals surface area contributed by atoms with Crippen LogP contribution in [0.2, 0.25) is 0 Å². The summed E-state index contributed by atoms with van der Waals surface area (Å²) in [4.78, 5) is 6.49. The van der Waals surface area contributed by atoms with Crippen LogP contribution in [-0.2, 0) is 6.54 Å². The van der Waals surface area contributed by atoms with E-state index in [9.17, 15) is 0 Å². The normalized spacial score (nSPS) is 10.0. The van der Waals surface area contributed by atoms with Gasteiger partial charge in [-0.25, -0.2) is 6.57 Å². The van der Waals surface area contributed by atoms with Gasteiger partial charge in [-0.3, -0.25) is 0 Å². The second-order valence-electron chi connectivity index (χ2n) is 3.04. The van der Waals surface area contributed by atoms with Crippen molar-refractivity contribution in [1.82, 2.24) is 4.98 Å².